The van der Waals surface area contributed by atoms with Crippen LogP contribution in [-0.4, -0.2) is 6.54 Å². The van der Waals surface area contributed by atoms with Crippen molar-refractivity contribution in [2.24, 2.45) is 11.7 Å². The SMILES string of the molecule is NC[C@H]1C[C@@H]1c1ccc(C(F)(F)F)cc1. The summed E-state index contributed by atoms with van der Waals surface area (Å²) in [5, 5.41) is 0. The summed E-state index contributed by atoms with van der Waals surface area (Å²) in [6.45, 7) is 0.617. The molecule has 82 valence electrons. The summed E-state index contributed by atoms with van der Waals surface area (Å²) in [7, 11) is 0. The lowest BCUT2D eigenvalue weighted by Crippen LogP contribution is -2.05. The van der Waals surface area contributed by atoms with Crippen LogP contribution in [0.3, 0.4) is 0 Å². The van der Waals surface area contributed by atoms with Gasteiger partial charge in [0.25, 0.3) is 0 Å². The highest BCUT2D eigenvalue weighted by Gasteiger charge is 2.37. The molecule has 2 rings (SSSR count). The maximum atomic E-state index is 12.3. The van der Waals surface area contributed by atoms with E-state index in [9.17, 15) is 13.2 Å². The predicted octanol–water partition coefficient (Wildman–Crippen LogP) is 2.77. The molecule has 1 aromatic rings. The number of alkyl halides is 3. The van der Waals surface area contributed by atoms with Gasteiger partial charge in [-0.1, -0.05) is 12.1 Å². The van der Waals surface area contributed by atoms with Crippen LogP contribution in [0.2, 0.25) is 0 Å². The molecule has 1 aliphatic carbocycles. The van der Waals surface area contributed by atoms with Crippen molar-refractivity contribution in [2.45, 2.75) is 18.5 Å². The van der Waals surface area contributed by atoms with Gasteiger partial charge in [-0.25, -0.2) is 0 Å². The molecular weight excluding hydrogens is 203 g/mol. The Labute approximate surface area is 86.1 Å². The van der Waals surface area contributed by atoms with Gasteiger partial charge in [0.15, 0.2) is 0 Å². The first kappa shape index (κ1) is 10.5. The van der Waals surface area contributed by atoms with Gasteiger partial charge >= 0.3 is 6.18 Å². The molecule has 0 unspecified atom stereocenters. The van der Waals surface area contributed by atoms with E-state index in [1.807, 2.05) is 0 Å². The van der Waals surface area contributed by atoms with Crippen molar-refractivity contribution in [1.82, 2.24) is 0 Å². The highest BCUT2D eigenvalue weighted by molar-refractivity contribution is 5.30. The van der Waals surface area contributed by atoms with Crippen molar-refractivity contribution >= 4 is 0 Å². The average Bonchev–Trinajstić information content (AvgIpc) is 2.95. The van der Waals surface area contributed by atoms with Crippen molar-refractivity contribution in [1.29, 1.82) is 0 Å². The summed E-state index contributed by atoms with van der Waals surface area (Å²) in [6, 6.07) is 5.40. The Kier molecular flexibility index (Phi) is 2.46. The summed E-state index contributed by atoms with van der Waals surface area (Å²) in [4.78, 5) is 0. The number of benzene rings is 1. The van der Waals surface area contributed by atoms with Crippen molar-refractivity contribution in [3.8, 4) is 0 Å². The number of nitrogens with two attached hydrogens (primary N) is 1. The molecule has 4 heteroatoms. The van der Waals surface area contributed by atoms with Crippen LogP contribution in [0.15, 0.2) is 24.3 Å². The molecule has 1 saturated carbocycles. The normalized spacial score (nSPS) is 25.3. The van der Waals surface area contributed by atoms with Crippen LogP contribution >= 0.6 is 0 Å². The first-order valence-corrected chi connectivity index (χ1v) is 4.89. The standard InChI is InChI=1S/C11H12F3N/c12-11(13,14)9-3-1-7(2-4-9)10-5-8(10)6-15/h1-4,8,10H,5-6,15H2/t8-,10-/m1/s1. The van der Waals surface area contributed by atoms with Crippen LogP contribution in [0.25, 0.3) is 0 Å². The molecule has 0 aliphatic heterocycles. The van der Waals surface area contributed by atoms with Gasteiger partial charge in [0.05, 0.1) is 5.56 Å². The molecule has 15 heavy (non-hydrogen) atoms. The van der Waals surface area contributed by atoms with Crippen LogP contribution in [0.4, 0.5) is 13.2 Å². The van der Waals surface area contributed by atoms with Gasteiger partial charge < -0.3 is 5.73 Å². The van der Waals surface area contributed by atoms with E-state index in [-0.39, 0.29) is 0 Å². The quantitative estimate of drug-likeness (QED) is 0.806. The summed E-state index contributed by atoms with van der Waals surface area (Å²) >= 11 is 0. The molecule has 0 bridgehead atoms. The summed E-state index contributed by atoms with van der Waals surface area (Å²) in [6.07, 6.45) is -3.24. The second-order valence-corrected chi connectivity index (χ2v) is 3.96. The van der Waals surface area contributed by atoms with Gasteiger partial charge in [-0.3, -0.25) is 0 Å². The maximum Gasteiger partial charge on any atom is 0.416 e. The fraction of sp³-hybridized carbons (Fsp3) is 0.455. The van der Waals surface area contributed by atoms with Gasteiger partial charge in [-0.15, -0.1) is 0 Å². The van der Waals surface area contributed by atoms with E-state index >= 15 is 0 Å². The Hall–Kier alpha value is -1.03. The van der Waals surface area contributed by atoms with Gasteiger partial charge in [0.1, 0.15) is 0 Å². The number of hydrogen-bond acceptors (Lipinski definition) is 1. The number of hydrogen-bond donors (Lipinski definition) is 1. The van der Waals surface area contributed by atoms with Crippen molar-refractivity contribution < 1.29 is 13.2 Å². The number of rotatable bonds is 2. The average molecular weight is 215 g/mol. The van der Waals surface area contributed by atoms with E-state index in [1.165, 1.54) is 0 Å². The molecule has 0 heterocycles. The van der Waals surface area contributed by atoms with Crippen LogP contribution < -0.4 is 5.73 Å². The van der Waals surface area contributed by atoms with E-state index in [1.54, 1.807) is 12.1 Å². The van der Waals surface area contributed by atoms with Gasteiger partial charge in [-0.2, -0.15) is 13.2 Å². The first-order chi connectivity index (χ1) is 7.02. The van der Waals surface area contributed by atoms with Crippen molar-refractivity contribution in [3.05, 3.63) is 35.4 Å². The minimum Gasteiger partial charge on any atom is -0.330 e. The zero-order valence-corrected chi connectivity index (χ0v) is 8.09. The topological polar surface area (TPSA) is 26.0 Å². The molecule has 0 radical (unpaired) electrons. The summed E-state index contributed by atoms with van der Waals surface area (Å²) in [5.74, 6) is 0.832. The Morgan fingerprint density at radius 2 is 1.80 bits per heavy atom. The van der Waals surface area contributed by atoms with E-state index in [0.29, 0.717) is 18.4 Å². The van der Waals surface area contributed by atoms with Crippen molar-refractivity contribution in [2.75, 3.05) is 6.54 Å². The molecule has 0 amide bonds. The second-order valence-electron chi connectivity index (χ2n) is 3.96. The molecular formula is C11H12F3N. The van der Waals surface area contributed by atoms with Crippen LogP contribution in [0.1, 0.15) is 23.5 Å². The highest BCUT2D eigenvalue weighted by Crippen LogP contribution is 2.46. The van der Waals surface area contributed by atoms with E-state index in [2.05, 4.69) is 0 Å². The van der Waals surface area contributed by atoms with Gasteiger partial charge in [0.2, 0.25) is 0 Å². The lowest BCUT2D eigenvalue weighted by atomic mass is 10.1. The molecule has 1 fully saturated rings. The predicted molar refractivity (Wildman–Crippen MR) is 51.3 cm³/mol. The Morgan fingerprint density at radius 3 is 2.20 bits per heavy atom. The second kappa shape index (κ2) is 3.52. The lowest BCUT2D eigenvalue weighted by Gasteiger charge is -2.07. The molecule has 1 nitrogen and oxygen atoms in total. The summed E-state index contributed by atoms with van der Waals surface area (Å²) in [5.41, 5.74) is 5.86. The fourth-order valence-electron chi connectivity index (χ4n) is 1.84. The molecule has 2 atom stereocenters. The first-order valence-electron chi connectivity index (χ1n) is 4.89. The monoisotopic (exact) mass is 215 g/mol. The smallest absolute Gasteiger partial charge is 0.330 e. The minimum atomic E-state index is -4.24. The van der Waals surface area contributed by atoms with Gasteiger partial charge in [-0.05, 0) is 42.5 Å². The molecule has 2 N–H and O–H groups in total. The van der Waals surface area contributed by atoms with E-state index < -0.39 is 11.7 Å². The third kappa shape index (κ3) is 2.15. The van der Waals surface area contributed by atoms with Crippen molar-refractivity contribution in [3.63, 3.8) is 0 Å². The third-order valence-corrected chi connectivity index (χ3v) is 2.89. The molecule has 1 aliphatic rings. The molecule has 0 spiro atoms. The Morgan fingerprint density at radius 1 is 1.20 bits per heavy atom. The van der Waals surface area contributed by atoms with E-state index in [0.717, 1.165) is 24.1 Å². The number of halogens is 3. The van der Waals surface area contributed by atoms with Gasteiger partial charge in [0, 0.05) is 0 Å². The Bertz CT molecular complexity index is 342. The third-order valence-electron chi connectivity index (χ3n) is 2.89. The molecule has 0 saturated heterocycles. The summed E-state index contributed by atoms with van der Waals surface area (Å²) < 4.78 is 36.8. The highest BCUT2D eigenvalue weighted by atomic mass is 19.4. The fourth-order valence-corrected chi connectivity index (χ4v) is 1.84. The molecule has 1 aromatic carbocycles. The zero-order chi connectivity index (χ0) is 11.1. The van der Waals surface area contributed by atoms with E-state index in [4.69, 9.17) is 5.73 Å². The Balaban J connectivity index is 2.12. The maximum absolute atomic E-state index is 12.3. The van der Waals surface area contributed by atoms with Crippen LogP contribution in [0, 0.1) is 5.92 Å². The largest absolute Gasteiger partial charge is 0.416 e. The van der Waals surface area contributed by atoms with Crippen LogP contribution in [-0.2, 0) is 6.18 Å². The minimum absolute atomic E-state index is 0.372. The zero-order valence-electron chi connectivity index (χ0n) is 8.09. The lowest BCUT2D eigenvalue weighted by molar-refractivity contribution is -0.137. The molecule has 0 aromatic heterocycles. The van der Waals surface area contributed by atoms with Crippen LogP contribution in [0.5, 0.6) is 0 Å².